The summed E-state index contributed by atoms with van der Waals surface area (Å²) in [5, 5.41) is 3.17. The number of halogens is 1. The van der Waals surface area contributed by atoms with E-state index in [1.807, 2.05) is 6.92 Å². The summed E-state index contributed by atoms with van der Waals surface area (Å²) in [6.07, 6.45) is 3.88. The lowest BCUT2D eigenvalue weighted by Crippen LogP contribution is -2.28. The van der Waals surface area contributed by atoms with Gasteiger partial charge in [0.1, 0.15) is 5.78 Å². The number of nitrogens with one attached hydrogen (secondary N) is 1. The van der Waals surface area contributed by atoms with E-state index < -0.39 is 0 Å². The molecule has 1 aliphatic rings. The van der Waals surface area contributed by atoms with E-state index in [2.05, 4.69) is 5.32 Å². The molecule has 0 atom stereocenters. The molecule has 0 unspecified atom stereocenters. The minimum atomic E-state index is -0.308. The van der Waals surface area contributed by atoms with Crippen LogP contribution in [0.1, 0.15) is 39.0 Å². The summed E-state index contributed by atoms with van der Waals surface area (Å²) in [6.45, 7) is 1.96. The Balaban J connectivity index is 1.95. The van der Waals surface area contributed by atoms with Crippen LogP contribution in [-0.4, -0.2) is 11.7 Å². The molecule has 0 heterocycles. The van der Waals surface area contributed by atoms with Gasteiger partial charge in [-0.1, -0.05) is 43.5 Å². The van der Waals surface area contributed by atoms with Gasteiger partial charge in [0.2, 0.25) is 5.91 Å². The highest BCUT2D eigenvalue weighted by Gasteiger charge is 2.36. The van der Waals surface area contributed by atoms with Gasteiger partial charge >= 0.3 is 0 Å². The van der Waals surface area contributed by atoms with Crippen molar-refractivity contribution < 1.29 is 9.59 Å². The van der Waals surface area contributed by atoms with Crippen molar-refractivity contribution in [2.45, 2.75) is 39.0 Å². The van der Waals surface area contributed by atoms with E-state index in [1.165, 1.54) is 0 Å². The fourth-order valence-electron chi connectivity index (χ4n) is 2.55. The summed E-state index contributed by atoms with van der Waals surface area (Å²) in [5.41, 5.74) is 0.246. The smallest absolute Gasteiger partial charge is 0.231 e. The molecule has 0 aromatic heterocycles. The second-order valence-electron chi connectivity index (χ2n) is 5.40. The molecule has 0 radical (unpaired) electrons. The number of hydrogen-bond acceptors (Lipinski definition) is 2. The minimum Gasteiger partial charge on any atom is -0.324 e. The Hall–Kier alpha value is -1.35. The van der Waals surface area contributed by atoms with Crippen molar-refractivity contribution in [2.24, 2.45) is 5.41 Å². The second kappa shape index (κ2) is 5.74. The fraction of sp³-hybridized carbons (Fsp3) is 0.467. The SMILES string of the molecule is CC1(C(=O)CC(=O)Nc2ccccc2Cl)CCCC1. The maximum Gasteiger partial charge on any atom is 0.231 e. The third kappa shape index (κ3) is 3.35. The summed E-state index contributed by atoms with van der Waals surface area (Å²) in [6, 6.07) is 7.02. The van der Waals surface area contributed by atoms with Crippen LogP contribution in [-0.2, 0) is 9.59 Å². The van der Waals surface area contributed by atoms with E-state index in [0.717, 1.165) is 25.7 Å². The molecule has 1 fully saturated rings. The molecular weight excluding hydrogens is 262 g/mol. The first-order valence-corrected chi connectivity index (χ1v) is 6.97. The van der Waals surface area contributed by atoms with Crippen molar-refractivity contribution in [3.63, 3.8) is 0 Å². The van der Waals surface area contributed by atoms with E-state index in [9.17, 15) is 9.59 Å². The Kier molecular flexibility index (Phi) is 4.25. The summed E-state index contributed by atoms with van der Waals surface area (Å²) in [7, 11) is 0. The zero-order valence-corrected chi connectivity index (χ0v) is 11.8. The number of anilines is 1. The number of amides is 1. The average Bonchev–Trinajstić information content (AvgIpc) is 2.80. The van der Waals surface area contributed by atoms with E-state index in [4.69, 9.17) is 11.6 Å². The van der Waals surface area contributed by atoms with Crippen LogP contribution >= 0.6 is 11.6 Å². The van der Waals surface area contributed by atoms with Crippen molar-refractivity contribution >= 4 is 29.0 Å². The van der Waals surface area contributed by atoms with E-state index in [1.54, 1.807) is 24.3 Å². The molecule has 3 nitrogen and oxygen atoms in total. The van der Waals surface area contributed by atoms with Gasteiger partial charge in [0.15, 0.2) is 0 Å². The Bertz CT molecular complexity index is 493. The van der Waals surface area contributed by atoms with Gasteiger partial charge in [0.05, 0.1) is 17.1 Å². The highest BCUT2D eigenvalue weighted by Crippen LogP contribution is 2.39. The van der Waals surface area contributed by atoms with Gasteiger partial charge in [-0.15, -0.1) is 0 Å². The lowest BCUT2D eigenvalue weighted by molar-refractivity contribution is -0.131. The third-order valence-electron chi connectivity index (χ3n) is 3.85. The number of ketones is 1. The number of rotatable bonds is 4. The molecule has 1 amide bonds. The first kappa shape index (κ1) is 14.1. The van der Waals surface area contributed by atoms with Crippen molar-refractivity contribution in [1.29, 1.82) is 0 Å². The summed E-state index contributed by atoms with van der Waals surface area (Å²) in [4.78, 5) is 24.0. The molecule has 1 aromatic rings. The zero-order chi connectivity index (χ0) is 13.9. The molecule has 1 saturated carbocycles. The van der Waals surface area contributed by atoms with Gasteiger partial charge in [-0.2, -0.15) is 0 Å². The van der Waals surface area contributed by atoms with Crippen LogP contribution in [0.4, 0.5) is 5.69 Å². The Morgan fingerprint density at radius 3 is 2.53 bits per heavy atom. The topological polar surface area (TPSA) is 46.2 Å². The molecule has 1 aromatic carbocycles. The van der Waals surface area contributed by atoms with Crippen molar-refractivity contribution in [3.8, 4) is 0 Å². The van der Waals surface area contributed by atoms with Gasteiger partial charge < -0.3 is 5.32 Å². The largest absolute Gasteiger partial charge is 0.324 e. The van der Waals surface area contributed by atoms with Crippen LogP contribution in [0.3, 0.4) is 0 Å². The first-order chi connectivity index (χ1) is 9.01. The molecule has 4 heteroatoms. The van der Waals surface area contributed by atoms with Crippen LogP contribution in [0.5, 0.6) is 0 Å². The van der Waals surface area contributed by atoms with Gasteiger partial charge in [0, 0.05) is 5.41 Å². The molecule has 1 N–H and O–H groups in total. The highest BCUT2D eigenvalue weighted by molar-refractivity contribution is 6.33. The van der Waals surface area contributed by atoms with Crippen LogP contribution in [0.2, 0.25) is 5.02 Å². The standard InChI is InChI=1S/C15H18ClNO2/c1-15(8-4-5-9-15)13(18)10-14(19)17-12-7-3-2-6-11(12)16/h2-3,6-7H,4-5,8-10H2,1H3,(H,17,19). The maximum absolute atomic E-state index is 12.2. The average molecular weight is 280 g/mol. The number of benzene rings is 1. The number of hydrogen-bond donors (Lipinski definition) is 1. The highest BCUT2D eigenvalue weighted by atomic mass is 35.5. The molecule has 2 rings (SSSR count). The van der Waals surface area contributed by atoms with E-state index in [0.29, 0.717) is 10.7 Å². The van der Waals surface area contributed by atoms with E-state index in [-0.39, 0.29) is 23.5 Å². The summed E-state index contributed by atoms with van der Waals surface area (Å²) in [5.74, 6) is -0.249. The van der Waals surface area contributed by atoms with E-state index >= 15 is 0 Å². The monoisotopic (exact) mass is 279 g/mol. The van der Waals surface area contributed by atoms with Crippen molar-refractivity contribution in [1.82, 2.24) is 0 Å². The van der Waals surface area contributed by atoms with Gasteiger partial charge in [-0.05, 0) is 25.0 Å². The van der Waals surface area contributed by atoms with Crippen LogP contribution in [0.25, 0.3) is 0 Å². The molecule has 0 saturated heterocycles. The molecule has 102 valence electrons. The second-order valence-corrected chi connectivity index (χ2v) is 5.80. The predicted molar refractivity (Wildman–Crippen MR) is 76.3 cm³/mol. The van der Waals surface area contributed by atoms with Gasteiger partial charge in [-0.3, -0.25) is 9.59 Å². The first-order valence-electron chi connectivity index (χ1n) is 6.59. The molecule has 0 spiro atoms. The molecule has 1 aliphatic carbocycles. The summed E-state index contributed by atoms with van der Waals surface area (Å²) < 4.78 is 0. The van der Waals surface area contributed by atoms with Crippen molar-refractivity contribution in [3.05, 3.63) is 29.3 Å². The van der Waals surface area contributed by atoms with Crippen molar-refractivity contribution in [2.75, 3.05) is 5.32 Å². The zero-order valence-electron chi connectivity index (χ0n) is 11.0. The molecule has 0 bridgehead atoms. The Labute approximate surface area is 118 Å². The van der Waals surface area contributed by atoms with Crippen LogP contribution in [0.15, 0.2) is 24.3 Å². The van der Waals surface area contributed by atoms with Crippen LogP contribution < -0.4 is 5.32 Å². The number of Topliss-reactive ketones (excluding diaryl/α,β-unsaturated/α-hetero) is 1. The molecule has 0 aliphatic heterocycles. The summed E-state index contributed by atoms with van der Waals surface area (Å²) >= 11 is 5.96. The minimum absolute atomic E-state index is 0.0366. The van der Waals surface area contributed by atoms with Crippen LogP contribution in [0, 0.1) is 5.41 Å². The third-order valence-corrected chi connectivity index (χ3v) is 4.18. The lowest BCUT2D eigenvalue weighted by atomic mass is 9.82. The number of para-hydroxylation sites is 1. The molecular formula is C15H18ClNO2. The number of carbonyl (C=O) groups is 2. The Morgan fingerprint density at radius 1 is 1.26 bits per heavy atom. The quantitative estimate of drug-likeness (QED) is 0.852. The molecule has 19 heavy (non-hydrogen) atoms. The predicted octanol–water partition coefficient (Wildman–Crippen LogP) is 3.82. The normalized spacial score (nSPS) is 17.2. The number of carbonyl (C=O) groups excluding carboxylic acids is 2. The van der Waals surface area contributed by atoms with Gasteiger partial charge in [0.25, 0.3) is 0 Å². The fourth-order valence-corrected chi connectivity index (χ4v) is 2.73. The lowest BCUT2D eigenvalue weighted by Gasteiger charge is -2.21. The maximum atomic E-state index is 12.2. The van der Waals surface area contributed by atoms with Gasteiger partial charge in [-0.25, -0.2) is 0 Å². The Morgan fingerprint density at radius 2 is 1.89 bits per heavy atom.